The molecule has 0 aliphatic carbocycles. The van der Waals surface area contributed by atoms with Crippen LogP contribution >= 0.6 is 0 Å². The smallest absolute Gasteiger partial charge is 0.241 e. The summed E-state index contributed by atoms with van der Waals surface area (Å²) in [6.07, 6.45) is 2.79. The van der Waals surface area contributed by atoms with E-state index >= 15 is 0 Å². The Morgan fingerprint density at radius 2 is 1.86 bits per heavy atom. The van der Waals surface area contributed by atoms with E-state index in [0.29, 0.717) is 23.9 Å². The molecule has 1 heterocycles. The van der Waals surface area contributed by atoms with Crippen LogP contribution in [-0.4, -0.2) is 16.4 Å². The normalized spacial score (nSPS) is 10.6. The minimum Gasteiger partial charge on any atom is -0.490 e. The first kappa shape index (κ1) is 15.2. The van der Waals surface area contributed by atoms with Gasteiger partial charge in [0.2, 0.25) is 5.88 Å². The standard InChI is InChI=1S/C16H23N3O2/c1-4-8-12-15(17)16(19(3)18-12)21-14-10-7-6-9-13(14)20-11-5-2/h6-7,9-10H,4-5,8,11,17H2,1-3H3. The van der Waals surface area contributed by atoms with Gasteiger partial charge in [-0.2, -0.15) is 5.10 Å². The van der Waals surface area contributed by atoms with E-state index in [2.05, 4.69) is 18.9 Å². The molecule has 0 fully saturated rings. The van der Waals surface area contributed by atoms with Crippen molar-refractivity contribution in [1.82, 2.24) is 9.78 Å². The van der Waals surface area contributed by atoms with Gasteiger partial charge in [-0.25, -0.2) is 4.68 Å². The highest BCUT2D eigenvalue weighted by molar-refractivity contribution is 5.55. The molecule has 0 radical (unpaired) electrons. The molecule has 0 aliphatic heterocycles. The van der Waals surface area contributed by atoms with Gasteiger partial charge in [0.1, 0.15) is 5.69 Å². The van der Waals surface area contributed by atoms with Gasteiger partial charge in [-0.15, -0.1) is 0 Å². The molecule has 1 aromatic heterocycles. The fourth-order valence-electron chi connectivity index (χ4n) is 2.09. The first-order chi connectivity index (χ1) is 10.2. The number of nitrogen functional groups attached to an aromatic ring is 1. The Hall–Kier alpha value is -2.17. The van der Waals surface area contributed by atoms with Gasteiger partial charge in [0, 0.05) is 7.05 Å². The monoisotopic (exact) mass is 289 g/mol. The zero-order chi connectivity index (χ0) is 15.2. The van der Waals surface area contributed by atoms with E-state index < -0.39 is 0 Å². The maximum Gasteiger partial charge on any atom is 0.241 e. The predicted octanol–water partition coefficient (Wildman–Crippen LogP) is 3.54. The molecule has 2 N–H and O–H groups in total. The predicted molar refractivity (Wildman–Crippen MR) is 83.9 cm³/mol. The molecule has 5 heteroatoms. The molecule has 5 nitrogen and oxygen atoms in total. The molecule has 0 unspecified atom stereocenters. The number of nitrogens with two attached hydrogens (primary N) is 1. The van der Waals surface area contributed by atoms with E-state index in [1.807, 2.05) is 31.3 Å². The third-order valence-corrected chi connectivity index (χ3v) is 3.11. The van der Waals surface area contributed by atoms with Crippen molar-refractivity contribution < 1.29 is 9.47 Å². The van der Waals surface area contributed by atoms with Crippen LogP contribution in [0.25, 0.3) is 0 Å². The molecule has 0 saturated heterocycles. The second-order valence-corrected chi connectivity index (χ2v) is 4.94. The summed E-state index contributed by atoms with van der Waals surface area (Å²) < 4.78 is 13.3. The number of benzene rings is 1. The van der Waals surface area contributed by atoms with Crippen molar-refractivity contribution in [3.63, 3.8) is 0 Å². The maximum atomic E-state index is 6.14. The Balaban J connectivity index is 2.26. The van der Waals surface area contributed by atoms with Crippen molar-refractivity contribution in [1.29, 1.82) is 0 Å². The van der Waals surface area contributed by atoms with Crippen molar-refractivity contribution in [2.24, 2.45) is 7.05 Å². The van der Waals surface area contributed by atoms with Crippen LogP contribution in [0.1, 0.15) is 32.4 Å². The number of anilines is 1. The highest BCUT2D eigenvalue weighted by Gasteiger charge is 2.16. The lowest BCUT2D eigenvalue weighted by Crippen LogP contribution is -2.00. The number of ether oxygens (including phenoxy) is 2. The molecule has 0 atom stereocenters. The zero-order valence-corrected chi connectivity index (χ0v) is 12.9. The lowest BCUT2D eigenvalue weighted by atomic mass is 10.2. The molecule has 21 heavy (non-hydrogen) atoms. The van der Waals surface area contributed by atoms with E-state index in [-0.39, 0.29) is 0 Å². The zero-order valence-electron chi connectivity index (χ0n) is 12.9. The van der Waals surface area contributed by atoms with E-state index in [9.17, 15) is 0 Å². The second kappa shape index (κ2) is 7.02. The van der Waals surface area contributed by atoms with Crippen LogP contribution in [0.5, 0.6) is 17.4 Å². The quantitative estimate of drug-likeness (QED) is 0.847. The molecular formula is C16H23N3O2. The molecule has 0 aliphatic rings. The SMILES string of the molecule is CCCOc1ccccc1Oc1c(N)c(CCC)nn1C. The Labute approximate surface area is 125 Å². The second-order valence-electron chi connectivity index (χ2n) is 4.94. The van der Waals surface area contributed by atoms with Crippen LogP contribution in [0.15, 0.2) is 24.3 Å². The summed E-state index contributed by atoms with van der Waals surface area (Å²) in [5.41, 5.74) is 7.62. The molecule has 2 rings (SSSR count). The average Bonchev–Trinajstić information content (AvgIpc) is 2.74. The number of nitrogens with zero attached hydrogens (tertiary/aromatic N) is 2. The van der Waals surface area contributed by atoms with Crippen LogP contribution in [0.3, 0.4) is 0 Å². The summed E-state index contributed by atoms with van der Waals surface area (Å²) in [6, 6.07) is 7.60. The summed E-state index contributed by atoms with van der Waals surface area (Å²) in [4.78, 5) is 0. The van der Waals surface area contributed by atoms with Crippen LogP contribution in [-0.2, 0) is 13.5 Å². The van der Waals surface area contributed by atoms with Gasteiger partial charge >= 0.3 is 0 Å². The van der Waals surface area contributed by atoms with Crippen molar-refractivity contribution in [2.75, 3.05) is 12.3 Å². The topological polar surface area (TPSA) is 62.3 Å². The number of rotatable bonds is 7. The molecule has 1 aromatic carbocycles. The van der Waals surface area contributed by atoms with Crippen molar-refractivity contribution >= 4 is 5.69 Å². The van der Waals surface area contributed by atoms with Crippen molar-refractivity contribution in [3.05, 3.63) is 30.0 Å². The third kappa shape index (κ3) is 3.48. The van der Waals surface area contributed by atoms with Crippen LogP contribution in [0.2, 0.25) is 0 Å². The molecule has 2 aromatic rings. The van der Waals surface area contributed by atoms with Crippen LogP contribution in [0, 0.1) is 0 Å². The minimum absolute atomic E-state index is 0.561. The lowest BCUT2D eigenvalue weighted by Gasteiger charge is -2.12. The summed E-state index contributed by atoms with van der Waals surface area (Å²) >= 11 is 0. The molecule has 0 bridgehead atoms. The van der Waals surface area contributed by atoms with Gasteiger partial charge in [-0.05, 0) is 25.0 Å². The average molecular weight is 289 g/mol. The summed E-state index contributed by atoms with van der Waals surface area (Å²) in [5, 5.41) is 4.41. The highest BCUT2D eigenvalue weighted by atomic mass is 16.5. The van der Waals surface area contributed by atoms with Gasteiger partial charge in [-0.1, -0.05) is 32.4 Å². The van der Waals surface area contributed by atoms with Gasteiger partial charge < -0.3 is 15.2 Å². The van der Waals surface area contributed by atoms with Crippen molar-refractivity contribution in [2.45, 2.75) is 33.1 Å². The highest BCUT2D eigenvalue weighted by Crippen LogP contribution is 2.35. The third-order valence-electron chi connectivity index (χ3n) is 3.11. The summed E-state index contributed by atoms with van der Waals surface area (Å²) in [7, 11) is 1.83. The fourth-order valence-corrected chi connectivity index (χ4v) is 2.09. The van der Waals surface area contributed by atoms with E-state index in [1.165, 1.54) is 0 Å². The number of hydrogen-bond donors (Lipinski definition) is 1. The summed E-state index contributed by atoms with van der Waals surface area (Å²) in [5.74, 6) is 1.94. The number of aryl methyl sites for hydroxylation is 2. The Morgan fingerprint density at radius 1 is 1.14 bits per heavy atom. The minimum atomic E-state index is 0.561. The van der Waals surface area contributed by atoms with Crippen LogP contribution in [0.4, 0.5) is 5.69 Å². The fraction of sp³-hybridized carbons (Fsp3) is 0.438. The molecular weight excluding hydrogens is 266 g/mol. The van der Waals surface area contributed by atoms with E-state index in [1.54, 1.807) is 4.68 Å². The van der Waals surface area contributed by atoms with Gasteiger partial charge in [0.25, 0.3) is 0 Å². The van der Waals surface area contributed by atoms with Crippen molar-refractivity contribution in [3.8, 4) is 17.4 Å². The lowest BCUT2D eigenvalue weighted by molar-refractivity contribution is 0.299. The van der Waals surface area contributed by atoms with Gasteiger partial charge in [-0.3, -0.25) is 0 Å². The first-order valence-corrected chi connectivity index (χ1v) is 7.38. The molecule has 0 saturated carbocycles. The van der Waals surface area contributed by atoms with E-state index in [0.717, 1.165) is 30.7 Å². The summed E-state index contributed by atoms with van der Waals surface area (Å²) in [6.45, 7) is 4.82. The van der Waals surface area contributed by atoms with Gasteiger partial charge in [0.05, 0.1) is 12.3 Å². The largest absolute Gasteiger partial charge is 0.490 e. The van der Waals surface area contributed by atoms with Gasteiger partial charge in [0.15, 0.2) is 11.5 Å². The molecule has 0 amide bonds. The number of aromatic nitrogens is 2. The maximum absolute atomic E-state index is 6.14. The molecule has 114 valence electrons. The molecule has 0 spiro atoms. The Morgan fingerprint density at radius 3 is 2.52 bits per heavy atom. The van der Waals surface area contributed by atoms with E-state index in [4.69, 9.17) is 15.2 Å². The van der Waals surface area contributed by atoms with Crippen LogP contribution < -0.4 is 15.2 Å². The number of para-hydroxylation sites is 2. The number of hydrogen-bond acceptors (Lipinski definition) is 4. The first-order valence-electron chi connectivity index (χ1n) is 7.38. The Bertz CT molecular complexity index is 593. The Kier molecular flexibility index (Phi) is 5.09.